The van der Waals surface area contributed by atoms with Crippen LogP contribution in [0.4, 0.5) is 0 Å². The highest BCUT2D eigenvalue weighted by molar-refractivity contribution is 5.71. The van der Waals surface area contributed by atoms with E-state index in [2.05, 4.69) is 136 Å². The van der Waals surface area contributed by atoms with E-state index < -0.39 is 6.10 Å². The van der Waals surface area contributed by atoms with E-state index in [4.69, 9.17) is 14.2 Å². The third kappa shape index (κ3) is 58.7. The van der Waals surface area contributed by atoms with Crippen molar-refractivity contribution in [2.45, 2.75) is 277 Å². The van der Waals surface area contributed by atoms with Gasteiger partial charge in [-0.2, -0.15) is 0 Å². The SMILES string of the molecule is CC/C=C\C/C=C\C/C=C\C/C=C\C/C=C\CCCCCCCCCCCCCC(=O)OCC(COC(=O)CC/C=C\C/C=C\C/C=C\C/C=C\CC)OC(=O)CCCCCCC/C=C\CCCCCCCCC. The molecule has 0 bridgehead atoms. The maximum absolute atomic E-state index is 12.9. The zero-order valence-electron chi connectivity index (χ0n) is 48.1. The Morgan fingerprint density at radius 2 is 0.554 bits per heavy atom. The quantitative estimate of drug-likeness (QED) is 0.0261. The van der Waals surface area contributed by atoms with Gasteiger partial charge in [-0.15, -0.1) is 0 Å². The Hall–Kier alpha value is -4.19. The van der Waals surface area contributed by atoms with Crippen LogP contribution in [0.3, 0.4) is 0 Å². The molecule has 1 atom stereocenters. The molecule has 0 fully saturated rings. The predicted molar refractivity (Wildman–Crippen MR) is 320 cm³/mol. The molecule has 0 aromatic heterocycles. The minimum atomic E-state index is -0.815. The summed E-state index contributed by atoms with van der Waals surface area (Å²) in [5.74, 6) is -1.00. The van der Waals surface area contributed by atoms with Gasteiger partial charge in [0, 0.05) is 19.3 Å². The molecule has 0 heterocycles. The summed E-state index contributed by atoms with van der Waals surface area (Å²) in [5, 5.41) is 0. The van der Waals surface area contributed by atoms with Gasteiger partial charge in [-0.3, -0.25) is 14.4 Å². The topological polar surface area (TPSA) is 78.9 Å². The lowest BCUT2D eigenvalue weighted by molar-refractivity contribution is -0.166. The normalized spacial score (nSPS) is 13.0. The average Bonchev–Trinajstić information content (AvgIpc) is 3.40. The largest absolute Gasteiger partial charge is 0.462 e. The minimum absolute atomic E-state index is 0.107. The minimum Gasteiger partial charge on any atom is -0.462 e. The van der Waals surface area contributed by atoms with Gasteiger partial charge in [-0.05, 0) is 116 Å². The van der Waals surface area contributed by atoms with Gasteiger partial charge in [0.25, 0.3) is 0 Å². The molecule has 0 rings (SSSR count). The van der Waals surface area contributed by atoms with E-state index in [1.807, 2.05) is 6.08 Å². The molecule has 1 unspecified atom stereocenters. The maximum Gasteiger partial charge on any atom is 0.306 e. The van der Waals surface area contributed by atoms with Crippen molar-refractivity contribution >= 4 is 17.9 Å². The third-order valence-corrected chi connectivity index (χ3v) is 12.7. The monoisotopic (exact) mass is 1020 g/mol. The molecule has 420 valence electrons. The summed E-state index contributed by atoms with van der Waals surface area (Å²) < 4.78 is 16.8. The maximum atomic E-state index is 12.9. The van der Waals surface area contributed by atoms with Crippen LogP contribution < -0.4 is 0 Å². The van der Waals surface area contributed by atoms with Crippen molar-refractivity contribution in [3.63, 3.8) is 0 Å². The van der Waals surface area contributed by atoms with Crippen molar-refractivity contribution in [2.24, 2.45) is 0 Å². The predicted octanol–water partition coefficient (Wildman–Crippen LogP) is 20.8. The van der Waals surface area contributed by atoms with E-state index in [1.165, 1.54) is 116 Å². The van der Waals surface area contributed by atoms with E-state index in [0.717, 1.165) is 109 Å². The van der Waals surface area contributed by atoms with E-state index in [9.17, 15) is 14.4 Å². The molecule has 0 radical (unpaired) electrons. The molecule has 0 saturated heterocycles. The number of rotatable bonds is 54. The lowest BCUT2D eigenvalue weighted by Gasteiger charge is -2.18. The number of esters is 3. The first-order valence-electron chi connectivity index (χ1n) is 30.5. The van der Waals surface area contributed by atoms with Crippen LogP contribution in [0.15, 0.2) is 122 Å². The average molecular weight is 1030 g/mol. The fourth-order valence-electron chi connectivity index (χ4n) is 8.18. The molecule has 0 aliphatic carbocycles. The summed E-state index contributed by atoms with van der Waals surface area (Å²) in [6, 6.07) is 0. The Kier molecular flexibility index (Phi) is 57.9. The zero-order valence-corrected chi connectivity index (χ0v) is 48.1. The number of unbranched alkanes of at least 4 members (excludes halogenated alkanes) is 23. The second-order valence-electron chi connectivity index (χ2n) is 19.8. The van der Waals surface area contributed by atoms with Crippen molar-refractivity contribution < 1.29 is 28.6 Å². The Bertz CT molecular complexity index is 1550. The highest BCUT2D eigenvalue weighted by Crippen LogP contribution is 2.15. The zero-order chi connectivity index (χ0) is 53.6. The molecule has 74 heavy (non-hydrogen) atoms. The Balaban J connectivity index is 4.35. The number of carbonyl (C=O) groups excluding carboxylic acids is 3. The van der Waals surface area contributed by atoms with Gasteiger partial charge in [-0.1, -0.05) is 258 Å². The summed E-state index contributed by atoms with van der Waals surface area (Å²) in [4.78, 5) is 38.2. The number of carbonyl (C=O) groups is 3. The highest BCUT2D eigenvalue weighted by Gasteiger charge is 2.19. The van der Waals surface area contributed by atoms with Crippen molar-refractivity contribution in [1.29, 1.82) is 0 Å². The summed E-state index contributed by atoms with van der Waals surface area (Å²) >= 11 is 0. The molecule has 6 heteroatoms. The molecular weight excluding hydrogens is 913 g/mol. The molecular formula is C68H112O6. The number of hydrogen-bond donors (Lipinski definition) is 0. The highest BCUT2D eigenvalue weighted by atomic mass is 16.6. The van der Waals surface area contributed by atoms with Gasteiger partial charge in [-0.25, -0.2) is 0 Å². The van der Waals surface area contributed by atoms with Gasteiger partial charge in [0.15, 0.2) is 6.10 Å². The Labute approximate surface area is 456 Å². The van der Waals surface area contributed by atoms with Crippen molar-refractivity contribution in [3.8, 4) is 0 Å². The second kappa shape index (κ2) is 61.4. The Morgan fingerprint density at radius 1 is 0.284 bits per heavy atom. The van der Waals surface area contributed by atoms with E-state index >= 15 is 0 Å². The molecule has 0 amide bonds. The van der Waals surface area contributed by atoms with Crippen molar-refractivity contribution in [3.05, 3.63) is 122 Å². The molecule has 0 aliphatic heterocycles. The van der Waals surface area contributed by atoms with Gasteiger partial charge in [0.2, 0.25) is 0 Å². The van der Waals surface area contributed by atoms with Crippen molar-refractivity contribution in [1.82, 2.24) is 0 Å². The van der Waals surface area contributed by atoms with E-state index in [-0.39, 0.29) is 37.5 Å². The molecule has 0 aliphatic rings. The molecule has 0 aromatic carbocycles. The molecule has 6 nitrogen and oxygen atoms in total. The smallest absolute Gasteiger partial charge is 0.306 e. The summed E-state index contributed by atoms with van der Waals surface area (Å²) in [6.07, 6.45) is 85.0. The third-order valence-electron chi connectivity index (χ3n) is 12.7. The summed E-state index contributed by atoms with van der Waals surface area (Å²) in [7, 11) is 0. The van der Waals surface area contributed by atoms with E-state index in [0.29, 0.717) is 19.3 Å². The number of ether oxygens (including phenoxy) is 3. The second-order valence-corrected chi connectivity index (χ2v) is 19.8. The first kappa shape index (κ1) is 69.8. The fraction of sp³-hybridized carbons (Fsp3) is 0.662. The van der Waals surface area contributed by atoms with Gasteiger partial charge < -0.3 is 14.2 Å². The number of allylic oxidation sites excluding steroid dienone is 20. The van der Waals surface area contributed by atoms with Crippen LogP contribution in [0.25, 0.3) is 0 Å². The Morgan fingerprint density at radius 3 is 0.919 bits per heavy atom. The standard InChI is InChI=1S/C68H112O6/c1-4-7-10-13-16-19-22-25-27-29-30-31-32-33-34-35-36-37-38-39-41-43-46-49-52-55-58-61-67(70)73-64-65(63-72-66(69)60-57-54-51-48-45-42-24-21-18-15-12-9-6-3)74-68(71)62-59-56-53-50-47-44-40-28-26-23-20-17-14-11-8-5-2/h7,9-10,12,16,18-19,21,25,27-28,30-31,33-34,40,42,45,51,54,65H,4-6,8,11,13-15,17,20,22-24,26,29,32,35-39,41,43-44,46-50,52-53,55-64H2,1-3H3/b10-7-,12-9-,19-16-,21-18-,27-25-,31-30-,34-33-,40-28-,45-42-,54-51-. The fourth-order valence-corrected chi connectivity index (χ4v) is 8.18. The lowest BCUT2D eigenvalue weighted by Crippen LogP contribution is -2.30. The number of hydrogen-bond acceptors (Lipinski definition) is 6. The van der Waals surface area contributed by atoms with Gasteiger partial charge in [0.1, 0.15) is 13.2 Å². The molecule has 0 N–H and O–H groups in total. The van der Waals surface area contributed by atoms with Crippen LogP contribution >= 0.6 is 0 Å². The molecule has 0 saturated carbocycles. The first-order valence-corrected chi connectivity index (χ1v) is 30.5. The molecule has 0 aromatic rings. The van der Waals surface area contributed by atoms with Crippen LogP contribution in [0, 0.1) is 0 Å². The first-order chi connectivity index (χ1) is 36.5. The van der Waals surface area contributed by atoms with E-state index in [1.54, 1.807) is 0 Å². The van der Waals surface area contributed by atoms with Crippen LogP contribution in [0.1, 0.15) is 271 Å². The summed E-state index contributed by atoms with van der Waals surface area (Å²) in [5.41, 5.74) is 0. The van der Waals surface area contributed by atoms with Crippen LogP contribution in [0.2, 0.25) is 0 Å². The summed E-state index contributed by atoms with van der Waals surface area (Å²) in [6.45, 7) is 6.34. The van der Waals surface area contributed by atoms with Crippen LogP contribution in [-0.2, 0) is 28.6 Å². The van der Waals surface area contributed by atoms with Crippen LogP contribution in [0.5, 0.6) is 0 Å². The van der Waals surface area contributed by atoms with Gasteiger partial charge >= 0.3 is 17.9 Å². The van der Waals surface area contributed by atoms with Gasteiger partial charge in [0.05, 0.1) is 0 Å². The molecule has 0 spiro atoms. The van der Waals surface area contributed by atoms with Crippen LogP contribution in [-0.4, -0.2) is 37.2 Å². The van der Waals surface area contributed by atoms with Crippen molar-refractivity contribution in [2.75, 3.05) is 13.2 Å². The lowest BCUT2D eigenvalue weighted by atomic mass is 10.0.